The number of nitrogens with zero attached hydrogens (tertiary/aromatic N) is 1. The van der Waals surface area contributed by atoms with Crippen LogP contribution in [-0.4, -0.2) is 35.9 Å². The highest BCUT2D eigenvalue weighted by atomic mass is 79.9. The van der Waals surface area contributed by atoms with Gasteiger partial charge in [0, 0.05) is 13.1 Å². The maximum absolute atomic E-state index is 13.4. The first-order chi connectivity index (χ1) is 15.9. The van der Waals surface area contributed by atoms with Gasteiger partial charge in [-0.1, -0.05) is 56.3 Å². The number of carbonyl (C=O) groups is 2. The molecule has 33 heavy (non-hydrogen) atoms. The number of amides is 2. The molecule has 7 heteroatoms. The minimum atomic E-state index is -0.655. The van der Waals surface area contributed by atoms with E-state index in [4.69, 9.17) is 4.74 Å². The molecule has 0 bridgehead atoms. The maximum atomic E-state index is 13.4. The third-order valence-corrected chi connectivity index (χ3v) is 6.20. The maximum Gasteiger partial charge on any atom is 0.261 e. The predicted molar refractivity (Wildman–Crippen MR) is 131 cm³/mol. The quantitative estimate of drug-likeness (QED) is 0.391. The molecule has 2 amide bonds. The van der Waals surface area contributed by atoms with Crippen molar-refractivity contribution in [1.82, 2.24) is 10.2 Å². The average Bonchev–Trinajstić information content (AvgIpc) is 2.83. The molecule has 0 spiro atoms. The molecule has 0 saturated carbocycles. The zero-order valence-electron chi connectivity index (χ0n) is 18.8. The number of rotatable bonds is 10. The second-order valence-corrected chi connectivity index (χ2v) is 8.54. The Morgan fingerprint density at radius 1 is 1.06 bits per heavy atom. The molecule has 0 aliphatic heterocycles. The summed E-state index contributed by atoms with van der Waals surface area (Å²) in [6, 6.07) is 16.9. The van der Waals surface area contributed by atoms with Crippen molar-refractivity contribution < 1.29 is 18.7 Å². The van der Waals surface area contributed by atoms with E-state index >= 15 is 0 Å². The normalized spacial score (nSPS) is 11.8. The number of ether oxygens (including phenoxy) is 1. The minimum absolute atomic E-state index is 0.180. The SMILES string of the molecule is CCCNC(=O)[C@H](CC)N(Cc1ccc(F)cc1)C(=O)COc1ccc2ccccc2c1Br. The van der Waals surface area contributed by atoms with Gasteiger partial charge in [-0.05, 0) is 63.3 Å². The van der Waals surface area contributed by atoms with Gasteiger partial charge in [-0.3, -0.25) is 9.59 Å². The van der Waals surface area contributed by atoms with Crippen molar-refractivity contribution in [1.29, 1.82) is 0 Å². The molecule has 0 aliphatic rings. The fraction of sp³-hybridized carbons (Fsp3) is 0.308. The Morgan fingerprint density at radius 3 is 2.48 bits per heavy atom. The lowest BCUT2D eigenvalue weighted by atomic mass is 10.1. The molecule has 1 N–H and O–H groups in total. The lowest BCUT2D eigenvalue weighted by Crippen LogP contribution is -2.50. The zero-order valence-corrected chi connectivity index (χ0v) is 20.4. The lowest BCUT2D eigenvalue weighted by Gasteiger charge is -2.30. The monoisotopic (exact) mass is 514 g/mol. The number of carbonyl (C=O) groups excluding carboxylic acids is 2. The molecular weight excluding hydrogens is 487 g/mol. The van der Waals surface area contributed by atoms with Crippen LogP contribution in [0.4, 0.5) is 4.39 Å². The van der Waals surface area contributed by atoms with E-state index in [9.17, 15) is 14.0 Å². The van der Waals surface area contributed by atoms with E-state index in [1.807, 2.05) is 50.2 Å². The summed E-state index contributed by atoms with van der Waals surface area (Å²) in [7, 11) is 0. The first-order valence-electron chi connectivity index (χ1n) is 11.1. The molecule has 3 aromatic carbocycles. The molecule has 0 unspecified atom stereocenters. The molecule has 5 nitrogen and oxygen atoms in total. The van der Waals surface area contributed by atoms with Crippen molar-refractivity contribution >= 4 is 38.5 Å². The second-order valence-electron chi connectivity index (χ2n) is 7.75. The molecule has 3 aromatic rings. The molecule has 0 heterocycles. The number of hydrogen-bond acceptors (Lipinski definition) is 3. The molecule has 0 saturated heterocycles. The number of hydrogen-bond donors (Lipinski definition) is 1. The van der Waals surface area contributed by atoms with E-state index in [0.29, 0.717) is 18.7 Å². The van der Waals surface area contributed by atoms with Crippen molar-refractivity contribution in [2.24, 2.45) is 0 Å². The van der Waals surface area contributed by atoms with Gasteiger partial charge in [-0.25, -0.2) is 4.39 Å². The summed E-state index contributed by atoms with van der Waals surface area (Å²) in [6.45, 7) is 4.32. The summed E-state index contributed by atoms with van der Waals surface area (Å²) in [5.74, 6) is -0.333. The van der Waals surface area contributed by atoms with Crippen LogP contribution in [-0.2, 0) is 16.1 Å². The van der Waals surface area contributed by atoms with E-state index in [1.54, 1.807) is 12.1 Å². The first kappa shape index (κ1) is 24.7. The molecular formula is C26H28BrFN2O3. The third-order valence-electron chi connectivity index (χ3n) is 5.38. The Morgan fingerprint density at radius 2 is 1.79 bits per heavy atom. The highest BCUT2D eigenvalue weighted by Gasteiger charge is 2.29. The topological polar surface area (TPSA) is 58.6 Å². The van der Waals surface area contributed by atoms with Crippen LogP contribution in [0.15, 0.2) is 65.1 Å². The van der Waals surface area contributed by atoms with E-state index in [1.165, 1.54) is 17.0 Å². The third kappa shape index (κ3) is 6.32. The largest absolute Gasteiger partial charge is 0.483 e. The van der Waals surface area contributed by atoms with Crippen LogP contribution in [0, 0.1) is 5.82 Å². The van der Waals surface area contributed by atoms with E-state index in [-0.39, 0.29) is 30.8 Å². The Kier molecular flexibility index (Phi) is 8.83. The van der Waals surface area contributed by atoms with Gasteiger partial charge in [0.15, 0.2) is 6.61 Å². The predicted octanol–water partition coefficient (Wildman–Crippen LogP) is 5.45. The van der Waals surface area contributed by atoms with Crippen LogP contribution in [0.25, 0.3) is 10.8 Å². The van der Waals surface area contributed by atoms with Gasteiger partial charge in [-0.15, -0.1) is 0 Å². The zero-order chi connectivity index (χ0) is 23.8. The van der Waals surface area contributed by atoms with Crippen molar-refractivity contribution in [3.63, 3.8) is 0 Å². The molecule has 0 radical (unpaired) electrons. The molecule has 0 aromatic heterocycles. The summed E-state index contributed by atoms with van der Waals surface area (Å²) < 4.78 is 20.0. The van der Waals surface area contributed by atoms with Crippen LogP contribution in [0.5, 0.6) is 5.75 Å². The minimum Gasteiger partial charge on any atom is -0.483 e. The molecule has 3 rings (SSSR count). The Bertz CT molecular complexity index is 1100. The van der Waals surface area contributed by atoms with Gasteiger partial charge < -0.3 is 15.0 Å². The first-order valence-corrected chi connectivity index (χ1v) is 11.9. The number of nitrogens with one attached hydrogen (secondary N) is 1. The van der Waals surface area contributed by atoms with Gasteiger partial charge in [-0.2, -0.15) is 0 Å². The van der Waals surface area contributed by atoms with E-state index in [0.717, 1.165) is 27.2 Å². The molecule has 0 aliphatic carbocycles. The van der Waals surface area contributed by atoms with Gasteiger partial charge in [0.2, 0.25) is 5.91 Å². The lowest BCUT2D eigenvalue weighted by molar-refractivity contribution is -0.143. The standard InChI is InChI=1S/C26H28BrFN2O3/c1-3-15-29-26(32)22(4-2)30(16-18-9-12-20(28)13-10-18)24(31)17-33-23-14-11-19-7-5-6-8-21(19)25(23)27/h5-14,22H,3-4,15-17H2,1-2H3,(H,29,32)/t22-/m0/s1. The fourth-order valence-electron chi connectivity index (χ4n) is 3.62. The smallest absolute Gasteiger partial charge is 0.261 e. The van der Waals surface area contributed by atoms with Crippen molar-refractivity contribution in [3.8, 4) is 5.75 Å². The van der Waals surface area contributed by atoms with Crippen LogP contribution >= 0.6 is 15.9 Å². The highest BCUT2D eigenvalue weighted by Crippen LogP contribution is 2.33. The number of benzene rings is 3. The average molecular weight is 515 g/mol. The Hall–Kier alpha value is -2.93. The van der Waals surface area contributed by atoms with Crippen LogP contribution in [0.1, 0.15) is 32.3 Å². The summed E-state index contributed by atoms with van der Waals surface area (Å²) in [5.41, 5.74) is 0.735. The molecule has 174 valence electrons. The second kappa shape index (κ2) is 11.8. The summed E-state index contributed by atoms with van der Waals surface area (Å²) in [6.07, 6.45) is 1.25. The molecule has 0 fully saturated rings. The fourth-order valence-corrected chi connectivity index (χ4v) is 4.23. The highest BCUT2D eigenvalue weighted by molar-refractivity contribution is 9.10. The van der Waals surface area contributed by atoms with Crippen molar-refractivity contribution in [3.05, 3.63) is 76.5 Å². The van der Waals surface area contributed by atoms with E-state index < -0.39 is 6.04 Å². The van der Waals surface area contributed by atoms with Crippen LogP contribution in [0.3, 0.4) is 0 Å². The van der Waals surface area contributed by atoms with Gasteiger partial charge >= 0.3 is 0 Å². The Balaban J connectivity index is 1.81. The van der Waals surface area contributed by atoms with Crippen LogP contribution < -0.4 is 10.1 Å². The number of halogens is 2. The van der Waals surface area contributed by atoms with Crippen molar-refractivity contribution in [2.45, 2.75) is 39.3 Å². The summed E-state index contributed by atoms with van der Waals surface area (Å²) >= 11 is 3.57. The summed E-state index contributed by atoms with van der Waals surface area (Å²) in [5, 5.41) is 4.91. The van der Waals surface area contributed by atoms with Gasteiger partial charge in [0.05, 0.1) is 4.47 Å². The molecule has 1 atom stereocenters. The van der Waals surface area contributed by atoms with Gasteiger partial charge in [0.1, 0.15) is 17.6 Å². The Labute approximate surface area is 202 Å². The summed E-state index contributed by atoms with van der Waals surface area (Å²) in [4.78, 5) is 27.6. The number of fused-ring (bicyclic) bond motifs is 1. The van der Waals surface area contributed by atoms with E-state index in [2.05, 4.69) is 21.2 Å². The van der Waals surface area contributed by atoms with Crippen molar-refractivity contribution in [2.75, 3.05) is 13.2 Å². The van der Waals surface area contributed by atoms with Gasteiger partial charge in [0.25, 0.3) is 5.91 Å². The van der Waals surface area contributed by atoms with Crippen LogP contribution in [0.2, 0.25) is 0 Å².